The number of benzene rings is 3. The second-order valence-corrected chi connectivity index (χ2v) is 18.0. The highest BCUT2D eigenvalue weighted by molar-refractivity contribution is 7.15. The maximum Gasteiger partial charge on any atom is 0.308 e. The van der Waals surface area contributed by atoms with E-state index in [1.165, 1.54) is 12.0 Å². The number of fused-ring (bicyclic) bond motifs is 3. The fourth-order valence-electron chi connectivity index (χ4n) is 7.64. The van der Waals surface area contributed by atoms with Crippen molar-refractivity contribution < 1.29 is 29.0 Å². The molecule has 2 aliphatic rings. The van der Waals surface area contributed by atoms with Crippen LogP contribution in [0.5, 0.6) is 0 Å². The molecule has 2 aliphatic heterocycles. The van der Waals surface area contributed by atoms with Gasteiger partial charge in [-0.3, -0.25) is 28.7 Å². The molecule has 13 nitrogen and oxygen atoms in total. The number of aryl methyl sites for hydroxylation is 2. The molecule has 2 aromatic heterocycles. The van der Waals surface area contributed by atoms with Crippen LogP contribution in [0.1, 0.15) is 88.8 Å². The number of nitrogens with one attached hydrogen (secondary N) is 2. The maximum atomic E-state index is 14.1. The Kier molecular flexibility index (Phi) is 12.1. The van der Waals surface area contributed by atoms with Crippen LogP contribution >= 0.6 is 22.9 Å². The average molecular weight is 850 g/mol. The number of halogens is 1. The first-order valence-corrected chi connectivity index (χ1v) is 20.9. The van der Waals surface area contributed by atoms with Crippen molar-refractivity contribution in [3.05, 3.63) is 122 Å². The van der Waals surface area contributed by atoms with E-state index in [0.29, 0.717) is 22.2 Å². The average Bonchev–Trinajstić information content (AvgIpc) is 3.88. The molecule has 0 aliphatic carbocycles. The molecule has 0 saturated carbocycles. The van der Waals surface area contributed by atoms with Crippen LogP contribution in [0.25, 0.3) is 16.1 Å². The Morgan fingerprint density at radius 2 is 1.57 bits per heavy atom. The molecule has 0 spiro atoms. The van der Waals surface area contributed by atoms with Gasteiger partial charge in [0.2, 0.25) is 11.8 Å². The highest BCUT2D eigenvalue weighted by Crippen LogP contribution is 2.40. The Morgan fingerprint density at radius 3 is 2.20 bits per heavy atom. The first-order chi connectivity index (χ1) is 28.5. The van der Waals surface area contributed by atoms with E-state index in [9.17, 15) is 24.3 Å². The smallest absolute Gasteiger partial charge is 0.308 e. The van der Waals surface area contributed by atoms with Crippen molar-refractivity contribution in [2.45, 2.75) is 85.2 Å². The summed E-state index contributed by atoms with van der Waals surface area (Å²) in [5.74, 6) is -0.372. The number of aliphatic imine (C=N–C) groups is 1. The summed E-state index contributed by atoms with van der Waals surface area (Å²) in [6.45, 7) is 11.8. The lowest BCUT2D eigenvalue weighted by Gasteiger charge is -2.35. The zero-order chi connectivity index (χ0) is 43.0. The molecule has 60 heavy (non-hydrogen) atoms. The molecule has 4 atom stereocenters. The molecular formula is C45H48ClN7O6S. The van der Waals surface area contributed by atoms with Crippen LogP contribution in [0, 0.1) is 26.2 Å². The first-order valence-electron chi connectivity index (χ1n) is 19.7. The highest BCUT2D eigenvalue weighted by atomic mass is 35.5. The number of β-amino-alcohol motifs (C(OH)–C–C–N with tert-alkyl or cyclic N) is 1. The second-order valence-electron chi connectivity index (χ2n) is 16.3. The highest BCUT2D eigenvalue weighted by Gasteiger charge is 2.44. The maximum absolute atomic E-state index is 14.1. The SMILES string of the molecule is COC(=O)C[C@@H]1N=C(c2ccc(-c3ccc(C(=O)N[C@H](C(=O)N4C[C@H](O)C[C@H]4C(=O)NCc4ccc(Cl)cc4)C(C)(C)C)cc3)cc2)c2c(sc(C)c2C)-n2c(C)nnc21. The van der Waals surface area contributed by atoms with Crippen LogP contribution < -0.4 is 10.6 Å². The predicted octanol–water partition coefficient (Wildman–Crippen LogP) is 6.45. The Morgan fingerprint density at radius 1 is 0.933 bits per heavy atom. The number of methoxy groups -OCH3 is 1. The fourth-order valence-corrected chi connectivity index (χ4v) is 8.98. The Labute approximate surface area is 357 Å². The molecule has 312 valence electrons. The third-order valence-corrected chi connectivity index (χ3v) is 12.5. The van der Waals surface area contributed by atoms with Gasteiger partial charge in [-0.15, -0.1) is 21.5 Å². The van der Waals surface area contributed by atoms with Gasteiger partial charge in [0.25, 0.3) is 5.91 Å². The monoisotopic (exact) mass is 849 g/mol. The quantitative estimate of drug-likeness (QED) is 0.135. The van der Waals surface area contributed by atoms with E-state index in [2.05, 4.69) is 34.7 Å². The molecule has 0 unspecified atom stereocenters. The standard InChI is InChI=1S/C45H48ClN7O6S/c1-24-25(2)60-44-37(24)38(48-34(21-36(55)59-7)40-51-50-26(3)53(40)44)30-14-10-28(11-15-30)29-12-16-31(17-13-29)41(56)49-39(45(4,5)6)43(58)52-23-33(54)20-35(52)42(57)47-22-27-8-18-32(46)19-9-27/h8-19,33-35,39,54H,20-23H2,1-7H3,(H,47,57)(H,49,56)/t33-,34+,35+,39-/m1/s1. The number of ether oxygens (including phenoxy) is 1. The van der Waals surface area contributed by atoms with E-state index in [1.807, 2.05) is 68.7 Å². The van der Waals surface area contributed by atoms with E-state index in [0.717, 1.165) is 49.0 Å². The van der Waals surface area contributed by atoms with Crippen LogP contribution in [0.4, 0.5) is 0 Å². The summed E-state index contributed by atoms with van der Waals surface area (Å²) in [6.07, 6.45) is -0.777. The summed E-state index contributed by atoms with van der Waals surface area (Å²) in [6, 6.07) is 19.7. The topological polar surface area (TPSA) is 168 Å². The van der Waals surface area contributed by atoms with E-state index < -0.39 is 47.4 Å². The number of amides is 3. The molecule has 0 bridgehead atoms. The number of carbonyl (C=O) groups excluding carboxylic acids is 4. The fraction of sp³-hybridized carbons (Fsp3) is 0.356. The van der Waals surface area contributed by atoms with Gasteiger partial charge in [-0.25, -0.2) is 0 Å². The lowest BCUT2D eigenvalue weighted by molar-refractivity contribution is -0.142. The van der Waals surface area contributed by atoms with Gasteiger partial charge >= 0.3 is 5.97 Å². The number of hydrogen-bond donors (Lipinski definition) is 3. The van der Waals surface area contributed by atoms with Gasteiger partial charge in [-0.1, -0.05) is 80.9 Å². The number of aromatic nitrogens is 3. The van der Waals surface area contributed by atoms with Crippen molar-refractivity contribution in [1.82, 2.24) is 30.3 Å². The number of nitrogens with zero attached hydrogens (tertiary/aromatic N) is 5. The van der Waals surface area contributed by atoms with Crippen molar-refractivity contribution in [2.75, 3.05) is 13.7 Å². The van der Waals surface area contributed by atoms with Gasteiger partial charge in [0.15, 0.2) is 5.82 Å². The summed E-state index contributed by atoms with van der Waals surface area (Å²) in [5.41, 5.74) is 5.95. The summed E-state index contributed by atoms with van der Waals surface area (Å²) in [5, 5.41) is 26.7. The van der Waals surface area contributed by atoms with Gasteiger partial charge in [0.05, 0.1) is 25.3 Å². The first kappa shape index (κ1) is 42.4. The molecular weight excluding hydrogens is 802 g/mol. The minimum Gasteiger partial charge on any atom is -0.469 e. The largest absolute Gasteiger partial charge is 0.469 e. The van der Waals surface area contributed by atoms with Crippen LogP contribution in [-0.4, -0.2) is 86.0 Å². The lowest BCUT2D eigenvalue weighted by Crippen LogP contribution is -2.57. The van der Waals surface area contributed by atoms with Crippen molar-refractivity contribution >= 4 is 52.3 Å². The van der Waals surface area contributed by atoms with Crippen molar-refractivity contribution in [3.63, 3.8) is 0 Å². The van der Waals surface area contributed by atoms with Crippen LogP contribution in [0.2, 0.25) is 5.02 Å². The van der Waals surface area contributed by atoms with Crippen molar-refractivity contribution in [1.29, 1.82) is 0 Å². The molecule has 7 rings (SSSR count). The molecule has 4 heterocycles. The molecule has 1 saturated heterocycles. The Bertz CT molecular complexity index is 2470. The number of aliphatic hydroxyl groups is 1. The second kappa shape index (κ2) is 17.1. The van der Waals surface area contributed by atoms with Gasteiger partial charge in [-0.05, 0) is 72.7 Å². The molecule has 0 radical (unpaired) electrons. The number of carbonyl (C=O) groups is 4. The summed E-state index contributed by atoms with van der Waals surface area (Å²) in [7, 11) is 1.36. The number of aliphatic hydroxyl groups excluding tert-OH is 1. The summed E-state index contributed by atoms with van der Waals surface area (Å²) >= 11 is 7.63. The van der Waals surface area contributed by atoms with Gasteiger partial charge in [-0.2, -0.15) is 0 Å². The number of esters is 1. The van der Waals surface area contributed by atoms with Crippen LogP contribution in [-0.2, 0) is 25.7 Å². The van der Waals surface area contributed by atoms with Crippen molar-refractivity contribution in [2.24, 2.45) is 10.4 Å². The van der Waals surface area contributed by atoms with Crippen molar-refractivity contribution in [3.8, 4) is 16.1 Å². The Balaban J connectivity index is 1.08. The number of rotatable bonds is 10. The number of thiophene rings is 1. The van der Waals surface area contributed by atoms with E-state index in [4.69, 9.17) is 21.3 Å². The van der Waals surface area contributed by atoms with Gasteiger partial charge in [0, 0.05) is 46.1 Å². The number of hydrogen-bond acceptors (Lipinski definition) is 10. The minimum atomic E-state index is -0.982. The van der Waals surface area contributed by atoms with Crippen LogP contribution in [0.15, 0.2) is 77.8 Å². The molecule has 1 fully saturated rings. The molecule has 3 N–H and O–H groups in total. The predicted molar refractivity (Wildman–Crippen MR) is 230 cm³/mol. The Hall–Kier alpha value is -5.70. The van der Waals surface area contributed by atoms with E-state index >= 15 is 0 Å². The summed E-state index contributed by atoms with van der Waals surface area (Å²) in [4.78, 5) is 61.4. The third-order valence-electron chi connectivity index (χ3n) is 11.1. The van der Waals surface area contributed by atoms with Gasteiger partial charge in [0.1, 0.15) is 29.0 Å². The van der Waals surface area contributed by atoms with E-state index in [-0.39, 0.29) is 31.8 Å². The number of likely N-dealkylation sites (tertiary alicyclic amines) is 1. The molecule has 3 amide bonds. The zero-order valence-electron chi connectivity index (χ0n) is 34.6. The molecule has 15 heteroatoms. The summed E-state index contributed by atoms with van der Waals surface area (Å²) < 4.78 is 7.01. The van der Waals surface area contributed by atoms with Crippen LogP contribution in [0.3, 0.4) is 0 Å². The lowest BCUT2D eigenvalue weighted by atomic mass is 9.85. The minimum absolute atomic E-state index is 0.0126. The van der Waals surface area contributed by atoms with E-state index in [1.54, 1.807) is 47.7 Å². The molecule has 3 aromatic carbocycles. The zero-order valence-corrected chi connectivity index (χ0v) is 36.1. The third kappa shape index (κ3) is 8.63. The normalized spacial score (nSPS) is 17.9. The van der Waals surface area contributed by atoms with Gasteiger partial charge < -0.3 is 25.4 Å². The molecule has 5 aromatic rings.